The van der Waals surface area contributed by atoms with Gasteiger partial charge in [-0.05, 0) is 29.6 Å². The lowest BCUT2D eigenvalue weighted by Gasteiger charge is -2.04. The number of thioether (sulfide) groups is 1. The van der Waals surface area contributed by atoms with Crippen LogP contribution in [-0.2, 0) is 4.79 Å². The van der Waals surface area contributed by atoms with Gasteiger partial charge in [0.05, 0.1) is 5.56 Å². The number of hydrogen-bond acceptors (Lipinski definition) is 5. The zero-order valence-corrected chi connectivity index (χ0v) is 12.3. The SMILES string of the molecule is N#Cc1ccsc1NC(=O)CCSc1cccc(N)c1. The molecule has 0 saturated carbocycles. The van der Waals surface area contributed by atoms with Crippen molar-refractivity contribution in [3.05, 3.63) is 41.3 Å². The van der Waals surface area contributed by atoms with E-state index >= 15 is 0 Å². The van der Waals surface area contributed by atoms with Gasteiger partial charge in [-0.2, -0.15) is 5.26 Å². The molecule has 0 unspecified atom stereocenters. The van der Waals surface area contributed by atoms with Gasteiger partial charge in [0.25, 0.3) is 0 Å². The van der Waals surface area contributed by atoms with E-state index in [1.165, 1.54) is 11.3 Å². The van der Waals surface area contributed by atoms with Gasteiger partial charge in [-0.1, -0.05) is 6.07 Å². The Morgan fingerprint density at radius 1 is 1.45 bits per heavy atom. The third-order valence-corrected chi connectivity index (χ3v) is 4.32. The number of carbonyl (C=O) groups is 1. The molecule has 0 fully saturated rings. The predicted octanol–water partition coefficient (Wildman–Crippen LogP) is 3.32. The number of benzene rings is 1. The van der Waals surface area contributed by atoms with Crippen LogP contribution in [0.4, 0.5) is 10.7 Å². The molecule has 0 radical (unpaired) electrons. The van der Waals surface area contributed by atoms with Crippen LogP contribution >= 0.6 is 23.1 Å². The molecule has 0 atom stereocenters. The number of thiophene rings is 1. The van der Waals surface area contributed by atoms with Gasteiger partial charge in [0.15, 0.2) is 0 Å². The first kappa shape index (κ1) is 14.4. The zero-order chi connectivity index (χ0) is 14.4. The highest BCUT2D eigenvalue weighted by Gasteiger charge is 2.08. The molecule has 0 aliphatic rings. The first-order valence-corrected chi connectivity index (χ1v) is 7.81. The van der Waals surface area contributed by atoms with Gasteiger partial charge in [0.1, 0.15) is 11.1 Å². The van der Waals surface area contributed by atoms with Crippen molar-refractivity contribution in [3.63, 3.8) is 0 Å². The molecule has 2 rings (SSSR count). The molecule has 0 spiro atoms. The number of anilines is 2. The summed E-state index contributed by atoms with van der Waals surface area (Å²) in [7, 11) is 0. The fourth-order valence-electron chi connectivity index (χ4n) is 1.55. The molecular formula is C14H13N3OS2. The molecule has 1 aromatic carbocycles. The molecule has 6 heteroatoms. The van der Waals surface area contributed by atoms with Gasteiger partial charge in [-0.3, -0.25) is 4.79 Å². The Balaban J connectivity index is 1.80. The molecule has 1 heterocycles. The van der Waals surface area contributed by atoms with Crippen LogP contribution in [0.25, 0.3) is 0 Å². The molecule has 1 aromatic heterocycles. The normalized spacial score (nSPS) is 9.95. The van der Waals surface area contributed by atoms with Crippen molar-refractivity contribution in [1.29, 1.82) is 5.26 Å². The van der Waals surface area contributed by atoms with Crippen molar-refractivity contribution in [3.8, 4) is 6.07 Å². The second-order valence-electron chi connectivity index (χ2n) is 3.99. The molecule has 0 aliphatic heterocycles. The fraction of sp³-hybridized carbons (Fsp3) is 0.143. The molecule has 102 valence electrons. The first-order chi connectivity index (χ1) is 9.69. The lowest BCUT2D eigenvalue weighted by atomic mass is 10.3. The van der Waals surface area contributed by atoms with Crippen molar-refractivity contribution in [1.82, 2.24) is 0 Å². The van der Waals surface area contributed by atoms with E-state index in [-0.39, 0.29) is 5.91 Å². The number of nitriles is 1. The summed E-state index contributed by atoms with van der Waals surface area (Å²) in [5, 5.41) is 14.0. The van der Waals surface area contributed by atoms with Crippen LogP contribution in [0.1, 0.15) is 12.0 Å². The van der Waals surface area contributed by atoms with E-state index in [0.717, 1.165) is 10.6 Å². The van der Waals surface area contributed by atoms with E-state index in [2.05, 4.69) is 5.32 Å². The van der Waals surface area contributed by atoms with Gasteiger partial charge in [-0.15, -0.1) is 23.1 Å². The van der Waals surface area contributed by atoms with Crippen LogP contribution in [0.5, 0.6) is 0 Å². The lowest BCUT2D eigenvalue weighted by molar-refractivity contribution is -0.115. The number of nitrogens with two attached hydrogens (primary N) is 1. The average Bonchev–Trinajstić information content (AvgIpc) is 2.86. The summed E-state index contributed by atoms with van der Waals surface area (Å²) in [6, 6.07) is 11.3. The van der Waals surface area contributed by atoms with Gasteiger partial charge < -0.3 is 11.1 Å². The quantitative estimate of drug-likeness (QED) is 0.656. The predicted molar refractivity (Wildman–Crippen MR) is 83.9 cm³/mol. The summed E-state index contributed by atoms with van der Waals surface area (Å²) in [4.78, 5) is 12.8. The molecule has 4 nitrogen and oxygen atoms in total. The van der Waals surface area contributed by atoms with Crippen molar-refractivity contribution < 1.29 is 4.79 Å². The van der Waals surface area contributed by atoms with E-state index in [1.54, 1.807) is 23.2 Å². The van der Waals surface area contributed by atoms with E-state index < -0.39 is 0 Å². The molecule has 1 amide bonds. The first-order valence-electron chi connectivity index (χ1n) is 5.95. The van der Waals surface area contributed by atoms with Gasteiger partial charge in [0, 0.05) is 22.8 Å². The Labute approximate surface area is 125 Å². The van der Waals surface area contributed by atoms with E-state index in [0.29, 0.717) is 22.7 Å². The highest BCUT2D eigenvalue weighted by molar-refractivity contribution is 7.99. The van der Waals surface area contributed by atoms with Crippen molar-refractivity contribution in [2.45, 2.75) is 11.3 Å². The minimum absolute atomic E-state index is 0.0830. The maximum absolute atomic E-state index is 11.8. The average molecular weight is 303 g/mol. The Kier molecular flexibility index (Phi) is 5.04. The summed E-state index contributed by atoms with van der Waals surface area (Å²) in [6.45, 7) is 0. The standard InChI is InChI=1S/C14H13N3OS2/c15-9-10-4-6-20-14(10)17-13(18)5-7-19-12-3-1-2-11(16)8-12/h1-4,6,8H,5,7,16H2,(H,17,18). The number of nitrogens with one attached hydrogen (secondary N) is 1. The zero-order valence-electron chi connectivity index (χ0n) is 10.6. The van der Waals surface area contributed by atoms with Gasteiger partial charge >= 0.3 is 0 Å². The topological polar surface area (TPSA) is 78.9 Å². The maximum Gasteiger partial charge on any atom is 0.225 e. The number of rotatable bonds is 5. The Morgan fingerprint density at radius 3 is 3.05 bits per heavy atom. The molecular weight excluding hydrogens is 290 g/mol. The van der Waals surface area contributed by atoms with Crippen LogP contribution < -0.4 is 11.1 Å². The van der Waals surface area contributed by atoms with Crippen molar-refractivity contribution >= 4 is 39.7 Å². The Bertz CT molecular complexity index is 646. The van der Waals surface area contributed by atoms with Crippen LogP contribution in [0, 0.1) is 11.3 Å². The minimum atomic E-state index is -0.0830. The third-order valence-electron chi connectivity index (χ3n) is 2.49. The minimum Gasteiger partial charge on any atom is -0.399 e. The van der Waals surface area contributed by atoms with E-state index in [9.17, 15) is 4.79 Å². The summed E-state index contributed by atoms with van der Waals surface area (Å²) in [6.07, 6.45) is 0.391. The smallest absolute Gasteiger partial charge is 0.225 e. The van der Waals surface area contributed by atoms with E-state index in [1.807, 2.05) is 30.3 Å². The van der Waals surface area contributed by atoms with Gasteiger partial charge in [-0.25, -0.2) is 0 Å². The van der Waals surface area contributed by atoms with Crippen LogP contribution in [0.15, 0.2) is 40.6 Å². The number of nitrogens with zero attached hydrogens (tertiary/aromatic N) is 1. The molecule has 3 N–H and O–H groups in total. The monoisotopic (exact) mass is 303 g/mol. The molecule has 0 aliphatic carbocycles. The van der Waals surface area contributed by atoms with Crippen LogP contribution in [0.2, 0.25) is 0 Å². The summed E-state index contributed by atoms with van der Waals surface area (Å²) < 4.78 is 0. The molecule has 20 heavy (non-hydrogen) atoms. The lowest BCUT2D eigenvalue weighted by Crippen LogP contribution is -2.11. The summed E-state index contributed by atoms with van der Waals surface area (Å²) >= 11 is 2.94. The number of nitrogen functional groups attached to an aromatic ring is 1. The fourth-order valence-corrected chi connectivity index (χ4v) is 3.22. The maximum atomic E-state index is 11.8. The molecule has 0 bridgehead atoms. The second kappa shape index (κ2) is 6.98. The largest absolute Gasteiger partial charge is 0.399 e. The Morgan fingerprint density at radius 2 is 2.30 bits per heavy atom. The summed E-state index contributed by atoms with van der Waals surface area (Å²) in [5.74, 6) is 0.586. The second-order valence-corrected chi connectivity index (χ2v) is 6.08. The highest BCUT2D eigenvalue weighted by Crippen LogP contribution is 2.23. The third kappa shape index (κ3) is 4.02. The molecule has 2 aromatic rings. The van der Waals surface area contributed by atoms with E-state index in [4.69, 9.17) is 11.0 Å². The van der Waals surface area contributed by atoms with Crippen LogP contribution in [0.3, 0.4) is 0 Å². The summed E-state index contributed by atoms with van der Waals surface area (Å²) in [5.41, 5.74) is 6.92. The number of hydrogen-bond donors (Lipinski definition) is 2. The van der Waals surface area contributed by atoms with Crippen molar-refractivity contribution in [2.75, 3.05) is 16.8 Å². The van der Waals surface area contributed by atoms with Crippen LogP contribution in [-0.4, -0.2) is 11.7 Å². The van der Waals surface area contributed by atoms with Crippen molar-refractivity contribution in [2.24, 2.45) is 0 Å². The number of carbonyl (C=O) groups excluding carboxylic acids is 1. The Hall–Kier alpha value is -1.97. The van der Waals surface area contributed by atoms with Gasteiger partial charge in [0.2, 0.25) is 5.91 Å². The molecule has 0 saturated heterocycles. The highest BCUT2D eigenvalue weighted by atomic mass is 32.2. The number of amides is 1.